The summed E-state index contributed by atoms with van der Waals surface area (Å²) in [5.74, 6) is 1.88. The van der Waals surface area contributed by atoms with E-state index < -0.39 is 0 Å². The van der Waals surface area contributed by atoms with Gasteiger partial charge in [0.25, 0.3) is 0 Å². The molecule has 0 spiro atoms. The Morgan fingerprint density at radius 3 is 2.72 bits per heavy atom. The Bertz CT molecular complexity index is 1000. The Balaban J connectivity index is 0.00000289. The molecule has 7 heteroatoms. The van der Waals surface area contributed by atoms with E-state index in [1.807, 2.05) is 18.5 Å². The van der Waals surface area contributed by atoms with Crippen LogP contribution in [0.5, 0.6) is 0 Å². The van der Waals surface area contributed by atoms with Crippen LogP contribution in [-0.2, 0) is 17.8 Å². The molecule has 6 nitrogen and oxygen atoms in total. The highest BCUT2D eigenvalue weighted by molar-refractivity contribution is 14.0. The van der Waals surface area contributed by atoms with Crippen LogP contribution in [0.1, 0.15) is 35.5 Å². The molecule has 2 heterocycles. The molecule has 170 valence electrons. The van der Waals surface area contributed by atoms with Gasteiger partial charge in [0, 0.05) is 32.0 Å². The maximum atomic E-state index is 6.10. The minimum atomic E-state index is 0. The Kier molecular flexibility index (Phi) is 9.11. The van der Waals surface area contributed by atoms with Crippen LogP contribution in [0.4, 0.5) is 0 Å². The molecule has 0 saturated carbocycles. The van der Waals surface area contributed by atoms with Gasteiger partial charge in [0.05, 0.1) is 13.2 Å². The highest BCUT2D eigenvalue weighted by atomic mass is 127. The van der Waals surface area contributed by atoms with Crippen molar-refractivity contribution in [2.45, 2.75) is 33.0 Å². The van der Waals surface area contributed by atoms with E-state index in [-0.39, 0.29) is 30.1 Å². The third-order valence-corrected chi connectivity index (χ3v) is 5.60. The topological polar surface area (TPSA) is 54.7 Å². The summed E-state index contributed by atoms with van der Waals surface area (Å²) in [4.78, 5) is 11.8. The second-order valence-corrected chi connectivity index (χ2v) is 7.79. The molecule has 0 aliphatic carbocycles. The van der Waals surface area contributed by atoms with E-state index in [2.05, 4.69) is 82.1 Å². The minimum absolute atomic E-state index is 0. The van der Waals surface area contributed by atoms with Crippen molar-refractivity contribution in [1.82, 2.24) is 19.8 Å². The number of halogens is 1. The molecule has 0 radical (unpaired) electrons. The van der Waals surface area contributed by atoms with Crippen molar-refractivity contribution in [3.8, 4) is 0 Å². The number of benzene rings is 2. The van der Waals surface area contributed by atoms with Gasteiger partial charge >= 0.3 is 0 Å². The normalized spacial score (nSPS) is 16.5. The Hall–Kier alpha value is -2.39. The lowest BCUT2D eigenvalue weighted by Crippen LogP contribution is -2.48. The van der Waals surface area contributed by atoms with E-state index in [0.29, 0.717) is 13.2 Å². The van der Waals surface area contributed by atoms with E-state index in [0.717, 1.165) is 38.0 Å². The number of rotatable bonds is 6. The molecule has 1 atom stereocenters. The number of aliphatic imine (C=N–C) groups is 1. The third kappa shape index (κ3) is 6.10. The van der Waals surface area contributed by atoms with Gasteiger partial charge in [0.15, 0.2) is 5.96 Å². The highest BCUT2D eigenvalue weighted by Crippen LogP contribution is 2.25. The molecule has 3 aromatic rings. The minimum Gasteiger partial charge on any atom is -0.370 e. The second kappa shape index (κ2) is 12.0. The molecular weight excluding hydrogens is 513 g/mol. The third-order valence-electron chi connectivity index (χ3n) is 5.60. The molecule has 1 aromatic heterocycles. The summed E-state index contributed by atoms with van der Waals surface area (Å²) in [5, 5.41) is 3.45. The molecule has 4 rings (SSSR count). The standard InChI is InChI=1S/C25H31N5O.HI/c1-3-26-25(30-15-16-31-23(19-30)22-12-8-7-9-20(22)2)28-17-24-27-13-14-29(24)18-21-10-5-4-6-11-21;/h4-14,23H,3,15-19H2,1-2H3,(H,26,28);1H. The van der Waals surface area contributed by atoms with Gasteiger partial charge in [-0.15, -0.1) is 24.0 Å². The van der Waals surface area contributed by atoms with E-state index in [4.69, 9.17) is 9.73 Å². The van der Waals surface area contributed by atoms with Crippen LogP contribution >= 0.6 is 24.0 Å². The molecular formula is C25H32IN5O. The number of imidazole rings is 1. The van der Waals surface area contributed by atoms with Crippen molar-refractivity contribution >= 4 is 29.9 Å². The van der Waals surface area contributed by atoms with Gasteiger partial charge in [-0.05, 0) is 30.5 Å². The second-order valence-electron chi connectivity index (χ2n) is 7.79. The maximum absolute atomic E-state index is 6.10. The molecule has 2 aromatic carbocycles. The molecule has 1 fully saturated rings. The summed E-state index contributed by atoms with van der Waals surface area (Å²) < 4.78 is 8.26. The van der Waals surface area contributed by atoms with Gasteiger partial charge in [0.1, 0.15) is 18.5 Å². The van der Waals surface area contributed by atoms with Gasteiger partial charge < -0.3 is 19.5 Å². The first-order valence-corrected chi connectivity index (χ1v) is 11.0. The fourth-order valence-corrected chi connectivity index (χ4v) is 3.97. The molecule has 1 N–H and O–H groups in total. The first kappa shape index (κ1) is 24.3. The van der Waals surface area contributed by atoms with Crippen LogP contribution in [0.2, 0.25) is 0 Å². The van der Waals surface area contributed by atoms with Crippen LogP contribution in [0, 0.1) is 6.92 Å². The number of ether oxygens (including phenoxy) is 1. The number of aromatic nitrogens is 2. The zero-order valence-electron chi connectivity index (χ0n) is 18.8. The van der Waals surface area contributed by atoms with Gasteiger partial charge in [-0.25, -0.2) is 9.98 Å². The number of hydrogen-bond donors (Lipinski definition) is 1. The van der Waals surface area contributed by atoms with Crippen molar-refractivity contribution in [2.24, 2.45) is 4.99 Å². The smallest absolute Gasteiger partial charge is 0.194 e. The Morgan fingerprint density at radius 1 is 1.16 bits per heavy atom. The Labute approximate surface area is 207 Å². The SMILES string of the molecule is CCNC(=NCc1nccn1Cc1ccccc1)N1CCOC(c2ccccc2C)C1.I. The summed E-state index contributed by atoms with van der Waals surface area (Å²) in [6.45, 7) is 8.70. The van der Waals surface area contributed by atoms with Crippen LogP contribution in [-0.4, -0.2) is 46.7 Å². The molecule has 0 bridgehead atoms. The van der Waals surface area contributed by atoms with Crippen molar-refractivity contribution in [3.63, 3.8) is 0 Å². The number of aryl methyl sites for hydroxylation is 1. The number of morpholine rings is 1. The zero-order chi connectivity index (χ0) is 21.5. The summed E-state index contributed by atoms with van der Waals surface area (Å²) in [5.41, 5.74) is 3.77. The quantitative estimate of drug-likeness (QED) is 0.284. The average molecular weight is 545 g/mol. The predicted molar refractivity (Wildman–Crippen MR) is 139 cm³/mol. The molecule has 32 heavy (non-hydrogen) atoms. The van der Waals surface area contributed by atoms with E-state index in [1.54, 1.807) is 0 Å². The highest BCUT2D eigenvalue weighted by Gasteiger charge is 2.25. The number of nitrogens with zero attached hydrogens (tertiary/aromatic N) is 4. The van der Waals surface area contributed by atoms with Crippen LogP contribution < -0.4 is 5.32 Å². The summed E-state index contributed by atoms with van der Waals surface area (Å²) in [6, 6.07) is 18.9. The summed E-state index contributed by atoms with van der Waals surface area (Å²) in [7, 11) is 0. The molecule has 1 aliphatic heterocycles. The number of hydrogen-bond acceptors (Lipinski definition) is 3. The maximum Gasteiger partial charge on any atom is 0.194 e. The van der Waals surface area contributed by atoms with Gasteiger partial charge in [-0.3, -0.25) is 0 Å². The van der Waals surface area contributed by atoms with Crippen LogP contribution in [0.25, 0.3) is 0 Å². The predicted octanol–water partition coefficient (Wildman–Crippen LogP) is 4.40. The first-order valence-electron chi connectivity index (χ1n) is 11.0. The van der Waals surface area contributed by atoms with E-state index in [1.165, 1.54) is 16.7 Å². The molecule has 1 unspecified atom stereocenters. The summed E-state index contributed by atoms with van der Waals surface area (Å²) in [6.07, 6.45) is 3.93. The van der Waals surface area contributed by atoms with Gasteiger partial charge in [-0.2, -0.15) is 0 Å². The van der Waals surface area contributed by atoms with Crippen molar-refractivity contribution < 1.29 is 4.74 Å². The fourth-order valence-electron chi connectivity index (χ4n) is 3.97. The monoisotopic (exact) mass is 545 g/mol. The van der Waals surface area contributed by atoms with Crippen molar-refractivity contribution in [1.29, 1.82) is 0 Å². The summed E-state index contributed by atoms with van der Waals surface area (Å²) >= 11 is 0. The lowest BCUT2D eigenvalue weighted by atomic mass is 10.0. The lowest BCUT2D eigenvalue weighted by Gasteiger charge is -2.35. The van der Waals surface area contributed by atoms with Gasteiger partial charge in [0.2, 0.25) is 0 Å². The van der Waals surface area contributed by atoms with Gasteiger partial charge in [-0.1, -0.05) is 54.6 Å². The first-order chi connectivity index (χ1) is 15.2. The number of guanidine groups is 1. The van der Waals surface area contributed by atoms with Crippen LogP contribution in [0.3, 0.4) is 0 Å². The lowest BCUT2D eigenvalue weighted by molar-refractivity contribution is -0.00834. The van der Waals surface area contributed by atoms with E-state index in [9.17, 15) is 0 Å². The largest absolute Gasteiger partial charge is 0.370 e. The van der Waals surface area contributed by atoms with Crippen molar-refractivity contribution in [2.75, 3.05) is 26.2 Å². The molecule has 0 amide bonds. The van der Waals surface area contributed by atoms with E-state index >= 15 is 0 Å². The Morgan fingerprint density at radius 2 is 1.94 bits per heavy atom. The number of nitrogens with one attached hydrogen (secondary N) is 1. The average Bonchev–Trinajstić information content (AvgIpc) is 3.24. The van der Waals surface area contributed by atoms with Crippen LogP contribution in [0.15, 0.2) is 72.0 Å². The van der Waals surface area contributed by atoms with Crippen molar-refractivity contribution in [3.05, 3.63) is 89.5 Å². The molecule has 1 aliphatic rings. The fraction of sp³-hybridized carbons (Fsp3) is 0.360. The molecule has 1 saturated heterocycles. The zero-order valence-corrected chi connectivity index (χ0v) is 21.1.